The second kappa shape index (κ2) is 6.64. The van der Waals surface area contributed by atoms with Gasteiger partial charge in [-0.05, 0) is 31.5 Å². The quantitative estimate of drug-likeness (QED) is 0.641. The Kier molecular flexibility index (Phi) is 5.17. The van der Waals surface area contributed by atoms with Gasteiger partial charge in [-0.2, -0.15) is 0 Å². The summed E-state index contributed by atoms with van der Waals surface area (Å²) >= 11 is 0. The number of carbonyl (C=O) groups excluding carboxylic acids is 2. The van der Waals surface area contributed by atoms with Crippen molar-refractivity contribution in [3.63, 3.8) is 0 Å². The standard InChI is InChI=1S/C13H17NO4/c1-4-18-13(16)8-12(15)14-10-7-9(2)5-6-11(10)17-3/h5-7H,4,8H2,1-3H3,(H,14,15). The van der Waals surface area contributed by atoms with Crippen molar-refractivity contribution in [1.29, 1.82) is 0 Å². The average molecular weight is 251 g/mol. The zero-order chi connectivity index (χ0) is 13.5. The molecule has 0 saturated heterocycles. The summed E-state index contributed by atoms with van der Waals surface area (Å²) in [5.74, 6) is -0.406. The summed E-state index contributed by atoms with van der Waals surface area (Å²) in [6.07, 6.45) is -0.301. The highest BCUT2D eigenvalue weighted by Crippen LogP contribution is 2.25. The topological polar surface area (TPSA) is 64.6 Å². The molecule has 1 rings (SSSR count). The van der Waals surface area contributed by atoms with E-state index < -0.39 is 11.9 Å². The smallest absolute Gasteiger partial charge is 0.315 e. The van der Waals surface area contributed by atoms with Crippen LogP contribution in [0.1, 0.15) is 18.9 Å². The van der Waals surface area contributed by atoms with Gasteiger partial charge in [0.05, 0.1) is 19.4 Å². The number of ether oxygens (including phenoxy) is 2. The number of esters is 1. The molecule has 0 aromatic heterocycles. The minimum Gasteiger partial charge on any atom is -0.495 e. The average Bonchev–Trinajstić information content (AvgIpc) is 2.29. The molecule has 1 aromatic rings. The number of carbonyl (C=O) groups is 2. The van der Waals surface area contributed by atoms with E-state index in [0.29, 0.717) is 11.4 Å². The lowest BCUT2D eigenvalue weighted by Crippen LogP contribution is -2.18. The number of hydrogen-bond acceptors (Lipinski definition) is 4. The van der Waals surface area contributed by atoms with Gasteiger partial charge in [0.2, 0.25) is 5.91 Å². The van der Waals surface area contributed by atoms with Crippen LogP contribution in [0.2, 0.25) is 0 Å². The molecule has 0 fully saturated rings. The van der Waals surface area contributed by atoms with Gasteiger partial charge in [0.1, 0.15) is 12.2 Å². The fourth-order valence-electron chi connectivity index (χ4n) is 1.46. The maximum absolute atomic E-state index is 11.6. The van der Waals surface area contributed by atoms with Gasteiger partial charge < -0.3 is 14.8 Å². The van der Waals surface area contributed by atoms with Crippen LogP contribution in [0.25, 0.3) is 0 Å². The molecule has 1 amide bonds. The molecule has 0 radical (unpaired) electrons. The van der Waals surface area contributed by atoms with E-state index in [9.17, 15) is 9.59 Å². The molecular weight excluding hydrogens is 234 g/mol. The summed E-state index contributed by atoms with van der Waals surface area (Å²) in [6, 6.07) is 5.41. The predicted molar refractivity (Wildman–Crippen MR) is 67.6 cm³/mol. The van der Waals surface area contributed by atoms with Crippen molar-refractivity contribution < 1.29 is 19.1 Å². The molecule has 0 heterocycles. The van der Waals surface area contributed by atoms with E-state index in [4.69, 9.17) is 9.47 Å². The van der Waals surface area contributed by atoms with E-state index in [-0.39, 0.29) is 13.0 Å². The third-order valence-electron chi connectivity index (χ3n) is 2.24. The fourth-order valence-corrected chi connectivity index (χ4v) is 1.46. The van der Waals surface area contributed by atoms with Gasteiger partial charge in [-0.25, -0.2) is 0 Å². The Morgan fingerprint density at radius 1 is 1.33 bits per heavy atom. The third kappa shape index (κ3) is 4.08. The van der Waals surface area contributed by atoms with E-state index in [1.54, 1.807) is 19.1 Å². The van der Waals surface area contributed by atoms with Gasteiger partial charge in [0.15, 0.2) is 0 Å². The highest BCUT2D eigenvalue weighted by molar-refractivity contribution is 6.02. The number of nitrogens with one attached hydrogen (secondary N) is 1. The lowest BCUT2D eigenvalue weighted by molar-refractivity contribution is -0.145. The number of rotatable bonds is 5. The third-order valence-corrected chi connectivity index (χ3v) is 2.24. The highest BCUT2D eigenvalue weighted by atomic mass is 16.5. The van der Waals surface area contributed by atoms with Crippen LogP contribution in [-0.4, -0.2) is 25.6 Å². The molecule has 0 unspecified atom stereocenters. The van der Waals surface area contributed by atoms with Crippen LogP contribution in [0, 0.1) is 6.92 Å². The first kappa shape index (κ1) is 14.0. The molecule has 0 bridgehead atoms. The van der Waals surface area contributed by atoms with Crippen molar-refractivity contribution in [2.75, 3.05) is 19.0 Å². The van der Waals surface area contributed by atoms with Crippen LogP contribution in [-0.2, 0) is 14.3 Å². The molecule has 0 aliphatic rings. The zero-order valence-corrected chi connectivity index (χ0v) is 10.8. The van der Waals surface area contributed by atoms with Crippen molar-refractivity contribution in [2.45, 2.75) is 20.3 Å². The molecule has 0 saturated carbocycles. The van der Waals surface area contributed by atoms with E-state index in [0.717, 1.165) is 5.56 Å². The summed E-state index contributed by atoms with van der Waals surface area (Å²) in [5.41, 5.74) is 1.54. The van der Waals surface area contributed by atoms with Crippen LogP contribution in [0.4, 0.5) is 5.69 Å². The summed E-state index contributed by atoms with van der Waals surface area (Å²) < 4.78 is 9.82. The van der Waals surface area contributed by atoms with Gasteiger partial charge in [-0.1, -0.05) is 6.07 Å². The first-order valence-electron chi connectivity index (χ1n) is 5.67. The number of anilines is 1. The number of aryl methyl sites for hydroxylation is 1. The lowest BCUT2D eigenvalue weighted by Gasteiger charge is -2.10. The normalized spacial score (nSPS) is 9.72. The van der Waals surface area contributed by atoms with Crippen LogP contribution < -0.4 is 10.1 Å². The molecule has 18 heavy (non-hydrogen) atoms. The maximum atomic E-state index is 11.6. The van der Waals surface area contributed by atoms with Gasteiger partial charge in [-0.3, -0.25) is 9.59 Å². The Morgan fingerprint density at radius 2 is 2.06 bits per heavy atom. The summed E-state index contributed by atoms with van der Waals surface area (Å²) in [7, 11) is 1.52. The molecule has 1 N–H and O–H groups in total. The summed E-state index contributed by atoms with van der Waals surface area (Å²) in [4.78, 5) is 22.8. The zero-order valence-electron chi connectivity index (χ0n) is 10.8. The lowest BCUT2D eigenvalue weighted by atomic mass is 10.2. The molecular formula is C13H17NO4. The van der Waals surface area contributed by atoms with Gasteiger partial charge in [-0.15, -0.1) is 0 Å². The van der Waals surface area contributed by atoms with Gasteiger partial charge in [0, 0.05) is 0 Å². The van der Waals surface area contributed by atoms with Crippen molar-refractivity contribution >= 4 is 17.6 Å². The molecule has 98 valence electrons. The second-order valence-corrected chi connectivity index (χ2v) is 3.73. The minimum absolute atomic E-state index is 0.264. The van der Waals surface area contributed by atoms with Crippen molar-refractivity contribution in [1.82, 2.24) is 0 Å². The van der Waals surface area contributed by atoms with Crippen molar-refractivity contribution in [3.05, 3.63) is 23.8 Å². The van der Waals surface area contributed by atoms with E-state index in [2.05, 4.69) is 5.32 Å². The van der Waals surface area contributed by atoms with Crippen LogP contribution >= 0.6 is 0 Å². The monoisotopic (exact) mass is 251 g/mol. The SMILES string of the molecule is CCOC(=O)CC(=O)Nc1cc(C)ccc1OC. The molecule has 0 aliphatic heterocycles. The number of amides is 1. The van der Waals surface area contributed by atoms with Crippen LogP contribution in [0.15, 0.2) is 18.2 Å². The minimum atomic E-state index is -0.540. The summed E-state index contributed by atoms with van der Waals surface area (Å²) in [6.45, 7) is 3.86. The molecule has 0 atom stereocenters. The van der Waals surface area contributed by atoms with Crippen molar-refractivity contribution in [3.8, 4) is 5.75 Å². The van der Waals surface area contributed by atoms with E-state index in [1.165, 1.54) is 7.11 Å². The largest absolute Gasteiger partial charge is 0.495 e. The predicted octanol–water partition coefficient (Wildman–Crippen LogP) is 1.90. The second-order valence-electron chi connectivity index (χ2n) is 3.73. The number of benzene rings is 1. The molecule has 0 aliphatic carbocycles. The first-order chi connectivity index (χ1) is 8.56. The molecule has 5 heteroatoms. The Labute approximate surface area is 106 Å². The molecule has 0 spiro atoms. The molecule has 5 nitrogen and oxygen atoms in total. The Hall–Kier alpha value is -2.04. The Balaban J connectivity index is 2.69. The Morgan fingerprint density at radius 3 is 2.67 bits per heavy atom. The number of methoxy groups -OCH3 is 1. The van der Waals surface area contributed by atoms with E-state index in [1.807, 2.05) is 13.0 Å². The number of hydrogen-bond donors (Lipinski definition) is 1. The highest BCUT2D eigenvalue weighted by Gasteiger charge is 2.12. The van der Waals surface area contributed by atoms with Crippen LogP contribution in [0.3, 0.4) is 0 Å². The fraction of sp³-hybridized carbons (Fsp3) is 0.385. The van der Waals surface area contributed by atoms with Gasteiger partial charge >= 0.3 is 5.97 Å². The van der Waals surface area contributed by atoms with E-state index >= 15 is 0 Å². The Bertz CT molecular complexity index is 443. The van der Waals surface area contributed by atoms with Gasteiger partial charge in [0.25, 0.3) is 0 Å². The maximum Gasteiger partial charge on any atom is 0.315 e. The van der Waals surface area contributed by atoms with Crippen LogP contribution in [0.5, 0.6) is 5.75 Å². The first-order valence-corrected chi connectivity index (χ1v) is 5.67. The summed E-state index contributed by atoms with van der Waals surface area (Å²) in [5, 5.41) is 2.63. The molecule has 1 aromatic carbocycles. The van der Waals surface area contributed by atoms with Crippen molar-refractivity contribution in [2.24, 2.45) is 0 Å².